The Bertz CT molecular complexity index is 398. The molecule has 7 nitrogen and oxygen atoms in total. The van der Waals surface area contributed by atoms with Crippen molar-refractivity contribution in [1.82, 2.24) is 15.1 Å². The van der Waals surface area contributed by atoms with Gasteiger partial charge >= 0.3 is 0 Å². The predicted octanol–water partition coefficient (Wildman–Crippen LogP) is -0.325. The summed E-state index contributed by atoms with van der Waals surface area (Å²) in [6.45, 7) is 1.83. The van der Waals surface area contributed by atoms with Gasteiger partial charge in [0, 0.05) is 13.2 Å². The van der Waals surface area contributed by atoms with Crippen LogP contribution >= 0.6 is 0 Å². The van der Waals surface area contributed by atoms with Crippen molar-refractivity contribution in [1.29, 1.82) is 0 Å². The molecule has 0 bridgehead atoms. The highest BCUT2D eigenvalue weighted by Crippen LogP contribution is 1.99. The first-order valence-corrected chi connectivity index (χ1v) is 4.86. The second-order valence-corrected chi connectivity index (χ2v) is 3.30. The van der Waals surface area contributed by atoms with Crippen LogP contribution < -0.4 is 11.1 Å². The van der Waals surface area contributed by atoms with E-state index in [-0.39, 0.29) is 11.7 Å². The smallest absolute Gasteiger partial charge is 0.270 e. The number of amidine groups is 1. The standard InChI is InChI=1S/C9H15N5O2/c1-3-6(8(10)13-16)12-9(15)7-4-5-11-14(7)2/h4-6,16H,3H2,1-2H3,(H2,10,13)(H,12,15). The quantitative estimate of drug-likeness (QED) is 0.282. The number of nitrogens with zero attached hydrogens (tertiary/aromatic N) is 3. The number of nitrogens with two attached hydrogens (primary N) is 1. The summed E-state index contributed by atoms with van der Waals surface area (Å²) in [4.78, 5) is 11.8. The first-order chi connectivity index (χ1) is 7.60. The van der Waals surface area contributed by atoms with Gasteiger partial charge in [0.05, 0.1) is 6.04 Å². The highest BCUT2D eigenvalue weighted by Gasteiger charge is 2.17. The highest BCUT2D eigenvalue weighted by atomic mass is 16.4. The van der Waals surface area contributed by atoms with E-state index in [9.17, 15) is 4.79 Å². The SMILES string of the molecule is CCC(NC(=O)c1ccnn1C)C(N)=NO. The van der Waals surface area contributed by atoms with Crippen LogP contribution in [0, 0.1) is 0 Å². The Labute approximate surface area is 92.9 Å². The van der Waals surface area contributed by atoms with Crippen molar-refractivity contribution < 1.29 is 10.0 Å². The fourth-order valence-electron chi connectivity index (χ4n) is 1.28. The third kappa shape index (κ3) is 2.50. The molecule has 7 heteroatoms. The van der Waals surface area contributed by atoms with E-state index < -0.39 is 6.04 Å². The van der Waals surface area contributed by atoms with Gasteiger partial charge in [0.15, 0.2) is 5.84 Å². The van der Waals surface area contributed by atoms with E-state index in [4.69, 9.17) is 10.9 Å². The predicted molar refractivity (Wildman–Crippen MR) is 58.2 cm³/mol. The Kier molecular flexibility index (Phi) is 3.87. The minimum absolute atomic E-state index is 0.0157. The Morgan fingerprint density at radius 2 is 2.50 bits per heavy atom. The second-order valence-electron chi connectivity index (χ2n) is 3.30. The minimum Gasteiger partial charge on any atom is -0.409 e. The summed E-state index contributed by atoms with van der Waals surface area (Å²) in [6, 6.07) is 1.11. The van der Waals surface area contributed by atoms with Crippen molar-refractivity contribution in [2.24, 2.45) is 17.9 Å². The lowest BCUT2D eigenvalue weighted by molar-refractivity contribution is 0.0936. The molecule has 16 heavy (non-hydrogen) atoms. The van der Waals surface area contributed by atoms with Gasteiger partial charge in [-0.25, -0.2) is 0 Å². The second kappa shape index (κ2) is 5.15. The van der Waals surface area contributed by atoms with Gasteiger partial charge in [0.25, 0.3) is 5.91 Å². The summed E-state index contributed by atoms with van der Waals surface area (Å²) in [5.74, 6) is -0.323. The molecule has 0 aliphatic rings. The number of amides is 1. The van der Waals surface area contributed by atoms with Gasteiger partial charge in [0.1, 0.15) is 5.69 Å². The molecule has 0 saturated carbocycles. The van der Waals surface area contributed by atoms with Crippen molar-refractivity contribution >= 4 is 11.7 Å². The van der Waals surface area contributed by atoms with Gasteiger partial charge in [0.2, 0.25) is 0 Å². The third-order valence-electron chi connectivity index (χ3n) is 2.24. The van der Waals surface area contributed by atoms with Gasteiger partial charge in [-0.1, -0.05) is 12.1 Å². The highest BCUT2D eigenvalue weighted by molar-refractivity contribution is 5.97. The van der Waals surface area contributed by atoms with Gasteiger partial charge < -0.3 is 16.3 Å². The van der Waals surface area contributed by atoms with E-state index in [0.717, 1.165) is 0 Å². The van der Waals surface area contributed by atoms with Gasteiger partial charge in [-0.15, -0.1) is 0 Å². The Balaban J connectivity index is 2.74. The molecule has 1 rings (SSSR count). The number of carbonyl (C=O) groups is 1. The maximum absolute atomic E-state index is 11.8. The molecule has 0 aliphatic carbocycles. The average Bonchev–Trinajstić information content (AvgIpc) is 2.71. The lowest BCUT2D eigenvalue weighted by Crippen LogP contribution is -2.44. The minimum atomic E-state index is -0.479. The number of hydrogen-bond donors (Lipinski definition) is 3. The van der Waals surface area contributed by atoms with Gasteiger partial charge in [-0.3, -0.25) is 9.48 Å². The van der Waals surface area contributed by atoms with E-state index in [1.165, 1.54) is 10.9 Å². The molecule has 1 aromatic heterocycles. The molecule has 88 valence electrons. The fourth-order valence-corrected chi connectivity index (χ4v) is 1.28. The Hall–Kier alpha value is -2.05. The van der Waals surface area contributed by atoms with Crippen LogP contribution in [0.3, 0.4) is 0 Å². The maximum Gasteiger partial charge on any atom is 0.270 e. The van der Waals surface area contributed by atoms with E-state index in [0.29, 0.717) is 12.1 Å². The number of oxime groups is 1. The summed E-state index contributed by atoms with van der Waals surface area (Å²) in [5.41, 5.74) is 5.85. The van der Waals surface area contributed by atoms with Crippen LogP contribution in [0.2, 0.25) is 0 Å². The van der Waals surface area contributed by atoms with E-state index in [1.807, 2.05) is 6.92 Å². The van der Waals surface area contributed by atoms with Gasteiger partial charge in [-0.05, 0) is 12.5 Å². The normalized spacial score (nSPS) is 13.5. The Morgan fingerprint density at radius 3 is 2.94 bits per heavy atom. The molecule has 0 aliphatic heterocycles. The summed E-state index contributed by atoms with van der Waals surface area (Å²) in [6.07, 6.45) is 2.07. The average molecular weight is 225 g/mol. The van der Waals surface area contributed by atoms with E-state index in [2.05, 4.69) is 15.6 Å². The zero-order valence-electron chi connectivity index (χ0n) is 9.21. The number of carbonyl (C=O) groups excluding carboxylic acids is 1. The summed E-state index contributed by atoms with van der Waals surface area (Å²) >= 11 is 0. The monoisotopic (exact) mass is 225 g/mol. The maximum atomic E-state index is 11.8. The molecule has 1 aromatic rings. The van der Waals surface area contributed by atoms with E-state index >= 15 is 0 Å². The zero-order chi connectivity index (χ0) is 12.1. The van der Waals surface area contributed by atoms with Crippen LogP contribution in [0.15, 0.2) is 17.4 Å². The largest absolute Gasteiger partial charge is 0.409 e. The van der Waals surface area contributed by atoms with Crippen LogP contribution in [0.4, 0.5) is 0 Å². The van der Waals surface area contributed by atoms with Crippen LogP contribution in [-0.4, -0.2) is 32.8 Å². The third-order valence-corrected chi connectivity index (χ3v) is 2.24. The van der Waals surface area contributed by atoms with Crippen LogP contribution in [0.5, 0.6) is 0 Å². The number of aryl methyl sites for hydroxylation is 1. The zero-order valence-corrected chi connectivity index (χ0v) is 9.21. The van der Waals surface area contributed by atoms with Crippen molar-refractivity contribution in [3.63, 3.8) is 0 Å². The summed E-state index contributed by atoms with van der Waals surface area (Å²) in [7, 11) is 1.67. The number of aromatic nitrogens is 2. The fraction of sp³-hybridized carbons (Fsp3) is 0.444. The number of rotatable bonds is 4. The first kappa shape index (κ1) is 12.0. The van der Waals surface area contributed by atoms with E-state index in [1.54, 1.807) is 13.1 Å². The van der Waals surface area contributed by atoms with Crippen molar-refractivity contribution in [2.45, 2.75) is 19.4 Å². The molecule has 0 saturated heterocycles. The van der Waals surface area contributed by atoms with Crippen LogP contribution in [-0.2, 0) is 7.05 Å². The Morgan fingerprint density at radius 1 is 1.81 bits per heavy atom. The molecular formula is C9H15N5O2. The molecule has 1 atom stereocenters. The molecule has 0 fully saturated rings. The topological polar surface area (TPSA) is 106 Å². The van der Waals surface area contributed by atoms with Crippen molar-refractivity contribution in [3.8, 4) is 0 Å². The lowest BCUT2D eigenvalue weighted by Gasteiger charge is -2.14. The molecule has 1 heterocycles. The lowest BCUT2D eigenvalue weighted by atomic mass is 10.2. The van der Waals surface area contributed by atoms with Crippen LogP contribution in [0.1, 0.15) is 23.8 Å². The molecule has 0 aromatic carbocycles. The summed E-state index contributed by atoms with van der Waals surface area (Å²) in [5, 5.41) is 17.9. The van der Waals surface area contributed by atoms with Crippen LogP contribution in [0.25, 0.3) is 0 Å². The number of nitrogens with one attached hydrogen (secondary N) is 1. The number of hydrogen-bond acceptors (Lipinski definition) is 4. The molecule has 0 radical (unpaired) electrons. The van der Waals surface area contributed by atoms with Gasteiger partial charge in [-0.2, -0.15) is 5.10 Å². The molecule has 4 N–H and O–H groups in total. The van der Waals surface area contributed by atoms with Crippen molar-refractivity contribution in [3.05, 3.63) is 18.0 Å². The first-order valence-electron chi connectivity index (χ1n) is 4.86. The van der Waals surface area contributed by atoms with Crippen molar-refractivity contribution in [2.75, 3.05) is 0 Å². The molecular weight excluding hydrogens is 210 g/mol. The molecule has 1 amide bonds. The molecule has 1 unspecified atom stereocenters. The summed E-state index contributed by atoms with van der Waals surface area (Å²) < 4.78 is 1.45. The molecule has 0 spiro atoms.